The molecule has 1 N–H and O–H groups in total. The minimum Gasteiger partial charge on any atom is -0.381 e. The van der Waals surface area contributed by atoms with E-state index in [1.165, 1.54) is 0 Å². The Kier molecular flexibility index (Phi) is 4.66. The second-order valence-corrected chi connectivity index (χ2v) is 6.05. The molecule has 1 fully saturated rings. The summed E-state index contributed by atoms with van der Waals surface area (Å²) in [5, 5.41) is 3.71. The molecule has 1 nitrogen and oxygen atoms in total. The quantitative estimate of drug-likeness (QED) is 0.723. The van der Waals surface area contributed by atoms with E-state index in [2.05, 4.69) is 21.2 Å². The van der Waals surface area contributed by atoms with Crippen molar-refractivity contribution in [1.29, 1.82) is 0 Å². The molecule has 0 radical (unpaired) electrons. The fourth-order valence-electron chi connectivity index (χ4n) is 2.45. The molecule has 1 aliphatic rings. The molecule has 0 heterocycles. The van der Waals surface area contributed by atoms with Crippen LogP contribution in [0, 0.1) is 5.92 Å². The lowest BCUT2D eigenvalue weighted by Gasteiger charge is -2.31. The van der Waals surface area contributed by atoms with Crippen LogP contribution in [0.4, 0.5) is 18.9 Å². The van der Waals surface area contributed by atoms with E-state index in [1.54, 1.807) is 12.1 Å². The lowest BCUT2D eigenvalue weighted by molar-refractivity contribution is -0.182. The third kappa shape index (κ3) is 3.78. The van der Waals surface area contributed by atoms with Gasteiger partial charge in [-0.15, -0.1) is 0 Å². The third-order valence-electron chi connectivity index (χ3n) is 3.45. The van der Waals surface area contributed by atoms with Crippen molar-refractivity contribution >= 4 is 33.2 Å². The second-order valence-electron chi connectivity index (χ2n) is 4.85. The van der Waals surface area contributed by atoms with E-state index < -0.39 is 12.1 Å². The molecule has 0 aliphatic heterocycles. The Labute approximate surface area is 123 Å². The molecular weight excluding hydrogens is 343 g/mol. The summed E-state index contributed by atoms with van der Waals surface area (Å²) in [6.07, 6.45) is -2.38. The van der Waals surface area contributed by atoms with E-state index in [-0.39, 0.29) is 18.9 Å². The number of halogens is 5. The largest absolute Gasteiger partial charge is 0.391 e. The van der Waals surface area contributed by atoms with Gasteiger partial charge < -0.3 is 5.32 Å². The smallest absolute Gasteiger partial charge is 0.381 e. The van der Waals surface area contributed by atoms with E-state index in [0.717, 1.165) is 12.1 Å². The van der Waals surface area contributed by atoms with Gasteiger partial charge in [-0.25, -0.2) is 0 Å². The fraction of sp³-hybridized carbons (Fsp3) is 0.538. The Bertz CT molecular complexity index is 450. The molecule has 1 aromatic carbocycles. The van der Waals surface area contributed by atoms with Crippen molar-refractivity contribution in [2.24, 2.45) is 5.92 Å². The molecule has 0 saturated heterocycles. The summed E-state index contributed by atoms with van der Waals surface area (Å²) in [6.45, 7) is 0. The molecule has 0 aromatic heterocycles. The lowest BCUT2D eigenvalue weighted by atomic mass is 9.85. The highest BCUT2D eigenvalue weighted by molar-refractivity contribution is 9.10. The summed E-state index contributed by atoms with van der Waals surface area (Å²) < 4.78 is 38.9. The number of hydrogen-bond acceptors (Lipinski definition) is 1. The number of alkyl halides is 3. The van der Waals surface area contributed by atoms with Crippen molar-refractivity contribution in [3.8, 4) is 0 Å². The molecule has 1 saturated carbocycles. The summed E-state index contributed by atoms with van der Waals surface area (Å²) in [5.41, 5.74) is 0.750. The van der Waals surface area contributed by atoms with Crippen molar-refractivity contribution in [3.05, 3.63) is 27.7 Å². The molecule has 0 spiro atoms. The minimum absolute atomic E-state index is 0.127. The van der Waals surface area contributed by atoms with Crippen molar-refractivity contribution in [3.63, 3.8) is 0 Å². The highest BCUT2D eigenvalue weighted by Gasteiger charge is 2.42. The standard InChI is InChI=1S/C13H14BrClF3N/c14-12-10(15)5-2-6-11(12)19-9-4-1-3-8(7-9)13(16,17)18/h2,5-6,8-9,19H,1,3-4,7H2. The van der Waals surface area contributed by atoms with Crippen LogP contribution < -0.4 is 5.32 Å². The van der Waals surface area contributed by atoms with Crippen molar-refractivity contribution in [2.45, 2.75) is 37.9 Å². The van der Waals surface area contributed by atoms with E-state index in [4.69, 9.17) is 11.6 Å². The van der Waals surface area contributed by atoms with E-state index in [0.29, 0.717) is 15.9 Å². The minimum atomic E-state index is -4.09. The van der Waals surface area contributed by atoms with Crippen LogP contribution in [0.2, 0.25) is 5.02 Å². The fourth-order valence-corrected chi connectivity index (χ4v) is 3.01. The first-order valence-corrected chi connectivity index (χ1v) is 7.32. The average Bonchev–Trinajstić information content (AvgIpc) is 2.34. The number of hydrogen-bond donors (Lipinski definition) is 1. The number of nitrogens with one attached hydrogen (secondary N) is 1. The van der Waals surface area contributed by atoms with E-state index >= 15 is 0 Å². The number of anilines is 1. The zero-order valence-electron chi connectivity index (χ0n) is 10.1. The molecule has 0 bridgehead atoms. The molecule has 1 aliphatic carbocycles. The SMILES string of the molecule is FC(F)(F)C1CCCC(Nc2cccc(Cl)c2Br)C1. The van der Waals surface area contributed by atoms with Crippen LogP contribution in [-0.4, -0.2) is 12.2 Å². The third-order valence-corrected chi connectivity index (χ3v) is 4.85. The zero-order chi connectivity index (χ0) is 14.0. The van der Waals surface area contributed by atoms with E-state index in [9.17, 15) is 13.2 Å². The van der Waals surface area contributed by atoms with Gasteiger partial charge in [-0.2, -0.15) is 13.2 Å². The Morgan fingerprint density at radius 3 is 2.68 bits per heavy atom. The summed E-state index contributed by atoms with van der Waals surface area (Å²) in [5.74, 6) is -1.20. The van der Waals surface area contributed by atoms with Crippen LogP contribution in [0.5, 0.6) is 0 Å². The van der Waals surface area contributed by atoms with E-state index in [1.807, 2.05) is 6.07 Å². The van der Waals surface area contributed by atoms with Crippen molar-refractivity contribution < 1.29 is 13.2 Å². The van der Waals surface area contributed by atoms with Crippen LogP contribution in [0.15, 0.2) is 22.7 Å². The van der Waals surface area contributed by atoms with Gasteiger partial charge in [-0.3, -0.25) is 0 Å². The van der Waals surface area contributed by atoms with Gasteiger partial charge in [-0.1, -0.05) is 24.1 Å². The molecule has 19 heavy (non-hydrogen) atoms. The Balaban J connectivity index is 2.05. The molecule has 6 heteroatoms. The number of rotatable bonds is 2. The molecule has 0 amide bonds. The van der Waals surface area contributed by atoms with Crippen LogP contribution in [0.3, 0.4) is 0 Å². The summed E-state index contributed by atoms with van der Waals surface area (Å²) >= 11 is 9.31. The molecule has 106 valence electrons. The maximum atomic E-state index is 12.7. The lowest BCUT2D eigenvalue weighted by Crippen LogP contribution is -2.34. The van der Waals surface area contributed by atoms with Gasteiger partial charge in [0.15, 0.2) is 0 Å². The maximum absolute atomic E-state index is 12.7. The molecular formula is C13H14BrClF3N. The van der Waals surface area contributed by atoms with Gasteiger partial charge >= 0.3 is 6.18 Å². The summed E-state index contributed by atoms with van der Waals surface area (Å²) in [6, 6.07) is 5.17. The Morgan fingerprint density at radius 2 is 2.00 bits per heavy atom. The van der Waals surface area contributed by atoms with Crippen LogP contribution in [0.1, 0.15) is 25.7 Å². The predicted octanol–water partition coefficient (Wildman–Crippen LogP) is 5.64. The van der Waals surface area contributed by atoms with Crippen molar-refractivity contribution in [1.82, 2.24) is 0 Å². The zero-order valence-corrected chi connectivity index (χ0v) is 12.4. The highest BCUT2D eigenvalue weighted by atomic mass is 79.9. The van der Waals surface area contributed by atoms with Crippen LogP contribution >= 0.6 is 27.5 Å². The first-order valence-electron chi connectivity index (χ1n) is 6.15. The van der Waals surface area contributed by atoms with Gasteiger partial charge in [0.1, 0.15) is 0 Å². The van der Waals surface area contributed by atoms with Gasteiger partial charge in [0.05, 0.1) is 21.1 Å². The first-order chi connectivity index (χ1) is 8.88. The van der Waals surface area contributed by atoms with Crippen LogP contribution in [-0.2, 0) is 0 Å². The van der Waals surface area contributed by atoms with Crippen LogP contribution in [0.25, 0.3) is 0 Å². The van der Waals surface area contributed by atoms with Gasteiger partial charge in [-0.05, 0) is 47.3 Å². The molecule has 2 unspecified atom stereocenters. The second kappa shape index (κ2) is 5.92. The Hall–Kier alpha value is -0.420. The highest BCUT2D eigenvalue weighted by Crippen LogP contribution is 2.39. The van der Waals surface area contributed by atoms with Gasteiger partial charge in [0.25, 0.3) is 0 Å². The molecule has 1 aromatic rings. The normalized spacial score (nSPS) is 24.3. The monoisotopic (exact) mass is 355 g/mol. The van der Waals surface area contributed by atoms with Gasteiger partial charge in [0.2, 0.25) is 0 Å². The summed E-state index contributed by atoms with van der Waals surface area (Å²) in [7, 11) is 0. The average molecular weight is 357 g/mol. The Morgan fingerprint density at radius 1 is 1.26 bits per heavy atom. The first kappa shape index (κ1) is 15.0. The van der Waals surface area contributed by atoms with Crippen molar-refractivity contribution in [2.75, 3.05) is 5.32 Å². The maximum Gasteiger partial charge on any atom is 0.391 e. The topological polar surface area (TPSA) is 12.0 Å². The number of benzene rings is 1. The van der Waals surface area contributed by atoms with Gasteiger partial charge in [0, 0.05) is 6.04 Å². The molecule has 2 atom stereocenters. The summed E-state index contributed by atoms with van der Waals surface area (Å²) in [4.78, 5) is 0. The predicted molar refractivity (Wildman–Crippen MR) is 74.6 cm³/mol. The molecule has 2 rings (SSSR count).